The largest absolute Gasteiger partial charge is 0.444 e. The van der Waals surface area contributed by atoms with Gasteiger partial charge in [0.1, 0.15) is 16.2 Å². The number of nitrogens with one attached hydrogen (secondary N) is 1. The molecule has 1 fully saturated rings. The molecule has 0 unspecified atom stereocenters. The fourth-order valence-electron chi connectivity index (χ4n) is 5.04. The standard InChI is InChI=1S/C32H35N3O7S2/c1-22-14-16-27(17-15-22)44(39,40)42-29(18-23-10-8-9-11-23)28-20-24-19-25(34-31(36)41-32(2,3)4)21-33-30(24)35(28)43(37,38)26-12-6-5-7-13-26/h5-7,12-21,23H,8-11H2,1-4H3,(H,34,36)/b29-18-. The number of carbonyl (C=O) groups is 1. The Balaban J connectivity index is 1.69. The Morgan fingerprint density at radius 1 is 0.955 bits per heavy atom. The number of pyridine rings is 1. The van der Waals surface area contributed by atoms with E-state index in [-0.39, 0.29) is 38.5 Å². The molecule has 2 heterocycles. The van der Waals surface area contributed by atoms with Crippen molar-refractivity contribution in [3.05, 3.63) is 90.3 Å². The van der Waals surface area contributed by atoms with Crippen molar-refractivity contribution in [1.82, 2.24) is 8.96 Å². The van der Waals surface area contributed by atoms with E-state index in [1.165, 1.54) is 36.5 Å². The highest BCUT2D eigenvalue weighted by Crippen LogP contribution is 2.36. The van der Waals surface area contributed by atoms with Crippen LogP contribution in [-0.4, -0.2) is 37.5 Å². The number of nitrogens with zero attached hydrogens (tertiary/aromatic N) is 2. The minimum absolute atomic E-state index is 0.00615. The van der Waals surface area contributed by atoms with Gasteiger partial charge >= 0.3 is 16.2 Å². The topological polar surface area (TPSA) is 134 Å². The van der Waals surface area contributed by atoms with E-state index in [0.717, 1.165) is 35.2 Å². The lowest BCUT2D eigenvalue weighted by atomic mass is 10.1. The minimum atomic E-state index is -4.34. The van der Waals surface area contributed by atoms with E-state index < -0.39 is 31.8 Å². The smallest absolute Gasteiger partial charge is 0.412 e. The molecular formula is C32H35N3O7S2. The van der Waals surface area contributed by atoms with Crippen LogP contribution < -0.4 is 5.32 Å². The number of benzene rings is 2. The number of ether oxygens (including phenoxy) is 1. The van der Waals surface area contributed by atoms with Crippen molar-refractivity contribution in [3.8, 4) is 0 Å². The number of hydrogen-bond donors (Lipinski definition) is 1. The monoisotopic (exact) mass is 637 g/mol. The Bertz CT molecular complexity index is 1920. The normalized spacial score (nSPS) is 15.0. The lowest BCUT2D eigenvalue weighted by molar-refractivity contribution is 0.0636. The van der Waals surface area contributed by atoms with E-state index in [4.69, 9.17) is 8.92 Å². The van der Waals surface area contributed by atoms with Gasteiger partial charge in [-0.05, 0) is 88.9 Å². The van der Waals surface area contributed by atoms with Gasteiger partial charge in [0.05, 0.1) is 16.8 Å². The van der Waals surface area contributed by atoms with Crippen LogP contribution in [0.25, 0.3) is 16.8 Å². The van der Waals surface area contributed by atoms with Gasteiger partial charge in [-0.15, -0.1) is 0 Å². The molecule has 0 radical (unpaired) electrons. The van der Waals surface area contributed by atoms with Gasteiger partial charge < -0.3 is 8.92 Å². The molecular weight excluding hydrogens is 602 g/mol. The van der Waals surface area contributed by atoms with Crippen LogP contribution >= 0.6 is 0 Å². The number of amides is 1. The van der Waals surface area contributed by atoms with Crippen molar-refractivity contribution in [1.29, 1.82) is 0 Å². The summed E-state index contributed by atoms with van der Waals surface area (Å²) < 4.78 is 67.5. The molecule has 12 heteroatoms. The molecule has 1 aliphatic carbocycles. The summed E-state index contributed by atoms with van der Waals surface area (Å²) in [5.74, 6) is -0.127. The highest BCUT2D eigenvalue weighted by Gasteiger charge is 2.30. The van der Waals surface area contributed by atoms with Crippen LogP contribution in [0.1, 0.15) is 57.7 Å². The van der Waals surface area contributed by atoms with E-state index in [1.807, 2.05) is 6.92 Å². The fourth-order valence-corrected chi connectivity index (χ4v) is 7.47. The van der Waals surface area contributed by atoms with Gasteiger partial charge in [0, 0.05) is 5.39 Å². The summed E-state index contributed by atoms with van der Waals surface area (Å²) >= 11 is 0. The first kappa shape index (κ1) is 31.3. The van der Waals surface area contributed by atoms with Crippen LogP contribution in [0.3, 0.4) is 0 Å². The molecule has 232 valence electrons. The van der Waals surface area contributed by atoms with Gasteiger partial charge in [0.25, 0.3) is 10.0 Å². The Kier molecular flexibility index (Phi) is 8.59. The Labute approximate surface area is 257 Å². The third kappa shape index (κ3) is 6.97. The van der Waals surface area contributed by atoms with Gasteiger partial charge in [0.15, 0.2) is 11.4 Å². The Morgan fingerprint density at radius 3 is 2.25 bits per heavy atom. The zero-order valence-electron chi connectivity index (χ0n) is 25.0. The molecule has 0 spiro atoms. The molecule has 0 bridgehead atoms. The first-order valence-corrected chi connectivity index (χ1v) is 17.1. The quantitative estimate of drug-likeness (QED) is 0.164. The fraction of sp³-hybridized carbons (Fsp3) is 0.312. The number of fused-ring (bicyclic) bond motifs is 1. The van der Waals surface area contributed by atoms with E-state index >= 15 is 0 Å². The maximum atomic E-state index is 14.2. The molecule has 1 N–H and O–H groups in total. The number of aryl methyl sites for hydroxylation is 1. The summed E-state index contributed by atoms with van der Waals surface area (Å²) in [5.41, 5.74) is 0.437. The third-order valence-electron chi connectivity index (χ3n) is 7.07. The van der Waals surface area contributed by atoms with Gasteiger partial charge in [-0.3, -0.25) is 5.32 Å². The summed E-state index contributed by atoms with van der Waals surface area (Å²) in [6, 6.07) is 17.1. The predicted molar refractivity (Wildman–Crippen MR) is 168 cm³/mol. The SMILES string of the molecule is Cc1ccc(S(=O)(=O)O/C(=C\C2CCCC2)c2cc3cc(NC(=O)OC(C)(C)C)cnc3n2S(=O)(=O)c2ccccc2)cc1. The minimum Gasteiger partial charge on any atom is -0.444 e. The number of carbonyl (C=O) groups excluding carboxylic acids is 1. The molecule has 5 rings (SSSR count). The molecule has 0 aliphatic heterocycles. The van der Waals surface area contributed by atoms with Crippen LogP contribution in [-0.2, 0) is 29.1 Å². The lowest BCUT2D eigenvalue weighted by Gasteiger charge is -2.19. The molecule has 1 amide bonds. The molecule has 2 aromatic heterocycles. The molecule has 0 saturated heterocycles. The maximum absolute atomic E-state index is 14.2. The van der Waals surface area contributed by atoms with Gasteiger partial charge in [-0.1, -0.05) is 48.7 Å². The first-order valence-electron chi connectivity index (χ1n) is 14.3. The van der Waals surface area contributed by atoms with Crippen LogP contribution in [0.15, 0.2) is 88.8 Å². The average Bonchev–Trinajstić information content (AvgIpc) is 3.60. The van der Waals surface area contributed by atoms with Gasteiger partial charge in [-0.25, -0.2) is 22.2 Å². The zero-order valence-corrected chi connectivity index (χ0v) is 26.6. The maximum Gasteiger partial charge on any atom is 0.412 e. The van der Waals surface area contributed by atoms with Crippen molar-refractivity contribution >= 4 is 48.7 Å². The average molecular weight is 638 g/mol. The van der Waals surface area contributed by atoms with Gasteiger partial charge in [-0.2, -0.15) is 8.42 Å². The van der Waals surface area contributed by atoms with Crippen molar-refractivity contribution < 1.29 is 30.6 Å². The van der Waals surface area contributed by atoms with Crippen LogP contribution in [0, 0.1) is 12.8 Å². The number of anilines is 1. The molecule has 2 aromatic carbocycles. The second-order valence-corrected chi connectivity index (χ2v) is 15.1. The van der Waals surface area contributed by atoms with Crippen molar-refractivity contribution in [2.45, 2.75) is 68.8 Å². The molecule has 1 aliphatic rings. The Morgan fingerprint density at radius 2 is 1.61 bits per heavy atom. The van der Waals surface area contributed by atoms with E-state index in [9.17, 15) is 21.6 Å². The molecule has 1 saturated carbocycles. The summed E-state index contributed by atoms with van der Waals surface area (Å²) in [5, 5.41) is 2.95. The third-order valence-corrected chi connectivity index (χ3v) is 10.0. The van der Waals surface area contributed by atoms with Gasteiger partial charge in [0.2, 0.25) is 0 Å². The van der Waals surface area contributed by atoms with Crippen molar-refractivity contribution in [2.75, 3.05) is 5.32 Å². The Hall–Kier alpha value is -4.16. The second-order valence-electron chi connectivity index (χ2n) is 11.8. The molecule has 10 nitrogen and oxygen atoms in total. The highest BCUT2D eigenvalue weighted by molar-refractivity contribution is 7.90. The number of allylic oxidation sites excluding steroid dienone is 1. The first-order chi connectivity index (χ1) is 20.7. The number of aromatic nitrogens is 2. The summed E-state index contributed by atoms with van der Waals surface area (Å²) in [6.45, 7) is 7.04. The summed E-state index contributed by atoms with van der Waals surface area (Å²) in [4.78, 5) is 16.8. The molecule has 44 heavy (non-hydrogen) atoms. The number of hydrogen-bond acceptors (Lipinski definition) is 8. The van der Waals surface area contributed by atoms with Crippen LogP contribution in [0.5, 0.6) is 0 Å². The highest BCUT2D eigenvalue weighted by atomic mass is 32.2. The molecule has 4 aromatic rings. The van der Waals surface area contributed by atoms with Crippen molar-refractivity contribution in [3.63, 3.8) is 0 Å². The van der Waals surface area contributed by atoms with E-state index in [2.05, 4.69) is 10.3 Å². The van der Waals surface area contributed by atoms with Crippen LogP contribution in [0.4, 0.5) is 10.5 Å². The summed E-state index contributed by atoms with van der Waals surface area (Å²) in [6.07, 6.45) is 5.86. The lowest BCUT2D eigenvalue weighted by Crippen LogP contribution is -2.27. The predicted octanol–water partition coefficient (Wildman–Crippen LogP) is 6.87. The number of rotatable bonds is 8. The zero-order chi connectivity index (χ0) is 31.7. The van der Waals surface area contributed by atoms with Crippen molar-refractivity contribution in [2.24, 2.45) is 5.92 Å². The molecule has 0 atom stereocenters. The summed E-state index contributed by atoms with van der Waals surface area (Å²) in [7, 11) is -8.63. The van der Waals surface area contributed by atoms with E-state index in [0.29, 0.717) is 5.39 Å². The van der Waals surface area contributed by atoms with Crippen LogP contribution in [0.2, 0.25) is 0 Å². The van der Waals surface area contributed by atoms with E-state index in [1.54, 1.807) is 63.2 Å². The second kappa shape index (κ2) is 12.1.